The lowest BCUT2D eigenvalue weighted by Crippen LogP contribution is -2.59. The van der Waals surface area contributed by atoms with Crippen molar-refractivity contribution in [3.63, 3.8) is 0 Å². The smallest absolute Gasteiger partial charge is 0.231 e. The first-order valence-electron chi connectivity index (χ1n) is 14.1. The van der Waals surface area contributed by atoms with E-state index in [2.05, 4.69) is 82.8 Å². The first-order chi connectivity index (χ1) is 17.7. The lowest BCUT2D eigenvalue weighted by molar-refractivity contribution is -0.130. The number of fused-ring (bicyclic) bond motifs is 4. The standard InChI is InChI=1S/C32H39N3O/c1-2-23-22-35-20-16-24(23)21-29(35)30(27-15-19-33-28-14-8-7-13-26(27)28)34-31(36)32(17-9-4-10-18-32)25-11-5-3-6-12-25/h3,5-8,11-15,19,23-24,29-30H,2,4,9-10,16-18,20-22H2,1H3,(H,34,36)/t23-,24+,29+,30+/m0/s1. The molecule has 4 heterocycles. The van der Waals surface area contributed by atoms with Gasteiger partial charge in [0.2, 0.25) is 5.91 Å². The summed E-state index contributed by atoms with van der Waals surface area (Å²) in [7, 11) is 0. The van der Waals surface area contributed by atoms with Gasteiger partial charge in [-0.3, -0.25) is 14.7 Å². The minimum atomic E-state index is -0.435. The summed E-state index contributed by atoms with van der Waals surface area (Å²) >= 11 is 0. The minimum Gasteiger partial charge on any atom is -0.347 e. The molecule has 0 radical (unpaired) electrons. The van der Waals surface area contributed by atoms with E-state index in [1.807, 2.05) is 6.20 Å². The summed E-state index contributed by atoms with van der Waals surface area (Å²) in [5.41, 5.74) is 2.97. The molecule has 0 spiro atoms. The van der Waals surface area contributed by atoms with Crippen molar-refractivity contribution in [2.75, 3.05) is 13.1 Å². The molecule has 1 saturated carbocycles. The minimum absolute atomic E-state index is 0.0338. The molecule has 3 aliphatic heterocycles. The number of nitrogens with one attached hydrogen (secondary N) is 1. The van der Waals surface area contributed by atoms with Gasteiger partial charge in [0.15, 0.2) is 0 Å². The van der Waals surface area contributed by atoms with E-state index < -0.39 is 5.41 Å². The van der Waals surface area contributed by atoms with Gasteiger partial charge < -0.3 is 5.32 Å². The summed E-state index contributed by atoms with van der Waals surface area (Å²) in [5, 5.41) is 4.88. The summed E-state index contributed by atoms with van der Waals surface area (Å²) in [5.74, 6) is 1.76. The summed E-state index contributed by atoms with van der Waals surface area (Å²) in [4.78, 5) is 21.8. The van der Waals surface area contributed by atoms with E-state index in [0.29, 0.717) is 6.04 Å². The molecule has 2 aromatic carbocycles. The monoisotopic (exact) mass is 481 g/mol. The molecule has 3 aromatic rings. The Bertz CT molecular complexity index is 1200. The Morgan fingerprint density at radius 3 is 2.58 bits per heavy atom. The molecule has 36 heavy (non-hydrogen) atoms. The maximum Gasteiger partial charge on any atom is 0.231 e. The molecule has 2 bridgehead atoms. The molecule has 4 fully saturated rings. The third-order valence-corrected chi connectivity index (χ3v) is 9.62. The Labute approximate surface area is 215 Å². The number of hydrogen-bond donors (Lipinski definition) is 1. The van der Waals surface area contributed by atoms with Crippen molar-refractivity contribution in [3.05, 3.63) is 78.0 Å². The van der Waals surface area contributed by atoms with Gasteiger partial charge in [-0.2, -0.15) is 0 Å². The normalized spacial score (nSPS) is 28.0. The predicted molar refractivity (Wildman–Crippen MR) is 146 cm³/mol. The van der Waals surface area contributed by atoms with Gasteiger partial charge in [-0.25, -0.2) is 0 Å². The van der Waals surface area contributed by atoms with Crippen molar-refractivity contribution in [3.8, 4) is 0 Å². The van der Waals surface area contributed by atoms with Gasteiger partial charge in [0.25, 0.3) is 0 Å². The molecular weight excluding hydrogens is 442 g/mol. The fraction of sp³-hybridized carbons (Fsp3) is 0.500. The quantitative estimate of drug-likeness (QED) is 0.442. The van der Waals surface area contributed by atoms with Gasteiger partial charge in [-0.1, -0.05) is 81.1 Å². The Morgan fingerprint density at radius 1 is 1.06 bits per heavy atom. The molecule has 4 nitrogen and oxygen atoms in total. The van der Waals surface area contributed by atoms with Crippen LogP contribution in [0.5, 0.6) is 0 Å². The molecule has 4 heteroatoms. The highest BCUT2D eigenvalue weighted by atomic mass is 16.2. The SMILES string of the molecule is CC[C@H]1CN2CC[C@@H]1C[C@@H]2[C@H](NC(=O)C1(c2ccccc2)CCCCC1)c1ccnc2ccccc12. The van der Waals surface area contributed by atoms with Crippen LogP contribution in [-0.4, -0.2) is 34.9 Å². The van der Waals surface area contributed by atoms with Gasteiger partial charge >= 0.3 is 0 Å². The number of hydrogen-bond acceptors (Lipinski definition) is 3. The maximum absolute atomic E-state index is 14.5. The molecule has 1 N–H and O–H groups in total. The lowest BCUT2D eigenvalue weighted by atomic mass is 9.68. The Morgan fingerprint density at radius 2 is 1.83 bits per heavy atom. The second kappa shape index (κ2) is 9.97. The van der Waals surface area contributed by atoms with Crippen molar-refractivity contribution in [1.82, 2.24) is 15.2 Å². The summed E-state index contributed by atoms with van der Waals surface area (Å²) in [6.45, 7) is 4.64. The number of para-hydroxylation sites is 1. The molecule has 4 aliphatic rings. The number of benzene rings is 2. The summed E-state index contributed by atoms with van der Waals surface area (Å²) in [6, 6.07) is 21.4. The van der Waals surface area contributed by atoms with Crippen molar-refractivity contribution in [2.24, 2.45) is 11.8 Å². The van der Waals surface area contributed by atoms with Crippen molar-refractivity contribution < 1.29 is 4.79 Å². The van der Waals surface area contributed by atoms with Crippen LogP contribution in [0.3, 0.4) is 0 Å². The molecule has 1 amide bonds. The van der Waals surface area contributed by atoms with Crippen LogP contribution in [0.15, 0.2) is 66.9 Å². The molecule has 7 rings (SSSR count). The number of aromatic nitrogens is 1. The molecule has 188 valence electrons. The van der Waals surface area contributed by atoms with E-state index in [-0.39, 0.29) is 11.9 Å². The Kier molecular flexibility index (Phi) is 6.55. The van der Waals surface area contributed by atoms with E-state index in [1.54, 1.807) is 0 Å². The summed E-state index contributed by atoms with van der Waals surface area (Å²) < 4.78 is 0. The van der Waals surface area contributed by atoms with Crippen LogP contribution >= 0.6 is 0 Å². The van der Waals surface area contributed by atoms with Gasteiger partial charge in [-0.05, 0) is 67.3 Å². The highest BCUT2D eigenvalue weighted by Crippen LogP contribution is 2.44. The molecule has 5 atom stereocenters. The van der Waals surface area contributed by atoms with E-state index in [4.69, 9.17) is 0 Å². The molecule has 1 aliphatic carbocycles. The first kappa shape index (κ1) is 23.7. The zero-order valence-corrected chi connectivity index (χ0v) is 21.5. The highest BCUT2D eigenvalue weighted by Gasteiger charge is 2.46. The van der Waals surface area contributed by atoms with Crippen molar-refractivity contribution >= 4 is 16.8 Å². The second-order valence-corrected chi connectivity index (χ2v) is 11.4. The highest BCUT2D eigenvalue weighted by molar-refractivity contribution is 5.90. The average Bonchev–Trinajstić information content (AvgIpc) is 2.96. The fourth-order valence-corrected chi connectivity index (χ4v) is 7.60. The van der Waals surface area contributed by atoms with Crippen LogP contribution in [0.1, 0.15) is 75.5 Å². The van der Waals surface area contributed by atoms with E-state index >= 15 is 0 Å². The average molecular weight is 482 g/mol. The second-order valence-electron chi connectivity index (χ2n) is 11.4. The van der Waals surface area contributed by atoms with Crippen LogP contribution in [0.25, 0.3) is 10.9 Å². The summed E-state index contributed by atoms with van der Waals surface area (Å²) in [6.07, 6.45) is 10.9. The maximum atomic E-state index is 14.5. The number of amides is 1. The molecule has 3 saturated heterocycles. The van der Waals surface area contributed by atoms with Crippen LogP contribution < -0.4 is 5.32 Å². The zero-order chi connectivity index (χ0) is 24.5. The van der Waals surface area contributed by atoms with Gasteiger partial charge in [0.1, 0.15) is 0 Å². The zero-order valence-electron chi connectivity index (χ0n) is 21.5. The number of rotatable bonds is 6. The van der Waals surface area contributed by atoms with Crippen molar-refractivity contribution in [1.29, 1.82) is 0 Å². The molecule has 1 aromatic heterocycles. The fourth-order valence-electron chi connectivity index (χ4n) is 7.60. The van der Waals surface area contributed by atoms with Gasteiger partial charge in [-0.15, -0.1) is 0 Å². The number of pyridine rings is 1. The number of carbonyl (C=O) groups is 1. The molecular formula is C32H39N3O. The lowest BCUT2D eigenvalue weighted by Gasteiger charge is -2.52. The van der Waals surface area contributed by atoms with Crippen LogP contribution in [0.4, 0.5) is 0 Å². The third kappa shape index (κ3) is 4.14. The third-order valence-electron chi connectivity index (χ3n) is 9.62. The van der Waals surface area contributed by atoms with Crippen LogP contribution in [0.2, 0.25) is 0 Å². The molecule has 1 unspecified atom stereocenters. The first-order valence-corrected chi connectivity index (χ1v) is 14.1. The van der Waals surface area contributed by atoms with Crippen LogP contribution in [-0.2, 0) is 10.2 Å². The number of nitrogens with zero attached hydrogens (tertiary/aromatic N) is 2. The van der Waals surface area contributed by atoms with E-state index in [9.17, 15) is 4.79 Å². The van der Waals surface area contributed by atoms with Crippen LogP contribution in [0, 0.1) is 11.8 Å². The largest absolute Gasteiger partial charge is 0.347 e. The number of piperidine rings is 3. The predicted octanol–water partition coefficient (Wildman–Crippen LogP) is 6.41. The number of carbonyl (C=O) groups excluding carboxylic acids is 1. The van der Waals surface area contributed by atoms with Gasteiger partial charge in [0, 0.05) is 24.2 Å². The van der Waals surface area contributed by atoms with E-state index in [1.165, 1.54) is 36.8 Å². The Balaban J connectivity index is 1.40. The topological polar surface area (TPSA) is 45.2 Å². The van der Waals surface area contributed by atoms with E-state index in [0.717, 1.165) is 61.5 Å². The van der Waals surface area contributed by atoms with Gasteiger partial charge in [0.05, 0.1) is 17.0 Å². The van der Waals surface area contributed by atoms with Crippen molar-refractivity contribution in [2.45, 2.75) is 75.8 Å². The Hall–Kier alpha value is -2.72.